The normalized spacial score (nSPS) is 23.8. The number of hydrogen-bond acceptors (Lipinski definition) is 4. The third kappa shape index (κ3) is 6.57. The van der Waals surface area contributed by atoms with Gasteiger partial charge in [0, 0.05) is 18.5 Å². The molecule has 3 N–H and O–H groups in total. The maximum atomic E-state index is 11.8. The first-order valence-corrected chi connectivity index (χ1v) is 7.05. The van der Waals surface area contributed by atoms with Crippen LogP contribution in [0, 0.1) is 0 Å². The van der Waals surface area contributed by atoms with E-state index in [1.54, 1.807) is 0 Å². The third-order valence-electron chi connectivity index (χ3n) is 3.14. The predicted molar refractivity (Wildman–Crippen MR) is 73.5 cm³/mol. The molecule has 0 saturated heterocycles. The third-order valence-corrected chi connectivity index (χ3v) is 3.14. The zero-order valence-electron chi connectivity index (χ0n) is 12.2. The molecule has 0 aromatic carbocycles. The molecule has 0 spiro atoms. The second-order valence-electron chi connectivity index (χ2n) is 6.21. The molecule has 2 atom stereocenters. The van der Waals surface area contributed by atoms with E-state index in [4.69, 9.17) is 10.5 Å². The lowest BCUT2D eigenvalue weighted by Crippen LogP contribution is -2.49. The van der Waals surface area contributed by atoms with Crippen LogP contribution in [0.5, 0.6) is 0 Å². The minimum absolute atomic E-state index is 0.0410. The van der Waals surface area contributed by atoms with Crippen molar-refractivity contribution in [2.24, 2.45) is 5.73 Å². The summed E-state index contributed by atoms with van der Waals surface area (Å²) >= 11 is 0. The van der Waals surface area contributed by atoms with Crippen molar-refractivity contribution in [3.63, 3.8) is 0 Å². The first-order chi connectivity index (χ1) is 8.78. The van der Waals surface area contributed by atoms with Crippen LogP contribution in [0.4, 0.5) is 0 Å². The fraction of sp³-hybridized carbons (Fsp3) is 0.857. The molecule has 19 heavy (non-hydrogen) atoms. The maximum absolute atomic E-state index is 11.8. The number of nitrogens with one attached hydrogen (secondary N) is 1. The summed E-state index contributed by atoms with van der Waals surface area (Å²) in [6.45, 7) is 5.43. The Kier molecular flexibility index (Phi) is 5.79. The highest BCUT2D eigenvalue weighted by molar-refractivity contribution is 5.81. The van der Waals surface area contributed by atoms with Gasteiger partial charge < -0.3 is 15.8 Å². The van der Waals surface area contributed by atoms with E-state index in [-0.39, 0.29) is 36.8 Å². The second-order valence-corrected chi connectivity index (χ2v) is 6.21. The molecule has 5 nitrogen and oxygen atoms in total. The monoisotopic (exact) mass is 270 g/mol. The predicted octanol–water partition coefficient (Wildman–Crippen LogP) is 1.49. The van der Waals surface area contributed by atoms with Gasteiger partial charge in [0.15, 0.2) is 0 Å². The number of carbonyl (C=O) groups excluding carboxylic acids is 2. The maximum Gasteiger partial charge on any atom is 0.306 e. The minimum Gasteiger partial charge on any atom is -0.460 e. The van der Waals surface area contributed by atoms with Gasteiger partial charge in [-0.05, 0) is 33.6 Å². The quantitative estimate of drug-likeness (QED) is 0.758. The van der Waals surface area contributed by atoms with Gasteiger partial charge in [0.25, 0.3) is 0 Å². The number of esters is 1. The van der Waals surface area contributed by atoms with E-state index in [0.29, 0.717) is 0 Å². The van der Waals surface area contributed by atoms with Crippen molar-refractivity contribution in [2.45, 2.75) is 77.0 Å². The average molecular weight is 270 g/mol. The number of rotatable bonds is 4. The molecule has 1 amide bonds. The lowest BCUT2D eigenvalue weighted by molar-refractivity contribution is -0.155. The van der Waals surface area contributed by atoms with Gasteiger partial charge >= 0.3 is 5.97 Å². The fourth-order valence-corrected chi connectivity index (χ4v) is 2.23. The fourth-order valence-electron chi connectivity index (χ4n) is 2.23. The van der Waals surface area contributed by atoms with Crippen molar-refractivity contribution in [1.82, 2.24) is 5.32 Å². The Morgan fingerprint density at radius 1 is 1.21 bits per heavy atom. The van der Waals surface area contributed by atoms with Crippen LogP contribution in [0.25, 0.3) is 0 Å². The Balaban J connectivity index is 2.26. The van der Waals surface area contributed by atoms with Crippen LogP contribution in [0.3, 0.4) is 0 Å². The van der Waals surface area contributed by atoms with Crippen molar-refractivity contribution < 1.29 is 14.3 Å². The molecule has 0 radical (unpaired) electrons. The molecule has 1 aliphatic rings. The largest absolute Gasteiger partial charge is 0.460 e. The highest BCUT2D eigenvalue weighted by atomic mass is 16.6. The van der Waals surface area contributed by atoms with E-state index in [9.17, 15) is 9.59 Å². The number of carbonyl (C=O) groups is 2. The summed E-state index contributed by atoms with van der Waals surface area (Å²) < 4.78 is 5.16. The Morgan fingerprint density at radius 3 is 2.42 bits per heavy atom. The Labute approximate surface area is 115 Å². The summed E-state index contributed by atoms with van der Waals surface area (Å²) in [5, 5.41) is 2.92. The van der Waals surface area contributed by atoms with Crippen LogP contribution in [0.2, 0.25) is 0 Å². The summed E-state index contributed by atoms with van der Waals surface area (Å²) in [4.78, 5) is 23.2. The molecule has 0 aliphatic heterocycles. The van der Waals surface area contributed by atoms with Crippen molar-refractivity contribution in [3.8, 4) is 0 Å². The second kappa shape index (κ2) is 6.89. The van der Waals surface area contributed by atoms with Gasteiger partial charge in [-0.3, -0.25) is 9.59 Å². The van der Waals surface area contributed by atoms with E-state index >= 15 is 0 Å². The lowest BCUT2D eigenvalue weighted by Gasteiger charge is -2.29. The molecule has 0 bridgehead atoms. The molecule has 110 valence electrons. The first-order valence-electron chi connectivity index (χ1n) is 7.05. The molecule has 0 aromatic heterocycles. The number of ether oxygens (including phenoxy) is 1. The summed E-state index contributed by atoms with van der Waals surface area (Å²) in [5.74, 6) is -0.455. The lowest BCUT2D eigenvalue weighted by atomic mass is 9.91. The molecular weight excluding hydrogens is 244 g/mol. The van der Waals surface area contributed by atoms with E-state index in [2.05, 4.69) is 5.32 Å². The average Bonchev–Trinajstić information content (AvgIpc) is 2.27. The van der Waals surface area contributed by atoms with Gasteiger partial charge in [0.1, 0.15) is 5.60 Å². The van der Waals surface area contributed by atoms with Crippen LogP contribution in [0.1, 0.15) is 59.3 Å². The van der Waals surface area contributed by atoms with Crippen molar-refractivity contribution in [3.05, 3.63) is 0 Å². The van der Waals surface area contributed by atoms with Crippen LogP contribution < -0.4 is 11.1 Å². The Hall–Kier alpha value is -1.10. The molecule has 1 fully saturated rings. The van der Waals surface area contributed by atoms with E-state index in [1.807, 2.05) is 20.8 Å². The SMILES string of the molecule is CC(C)(C)OC(=O)CCC(=O)NC1CCCCC1N. The van der Waals surface area contributed by atoms with Crippen molar-refractivity contribution >= 4 is 11.9 Å². The molecular formula is C14H26N2O3. The zero-order chi connectivity index (χ0) is 14.5. The van der Waals surface area contributed by atoms with Gasteiger partial charge in [-0.1, -0.05) is 12.8 Å². The van der Waals surface area contributed by atoms with Gasteiger partial charge in [-0.15, -0.1) is 0 Å². The first kappa shape index (κ1) is 16.0. The topological polar surface area (TPSA) is 81.4 Å². The van der Waals surface area contributed by atoms with E-state index in [1.165, 1.54) is 0 Å². The van der Waals surface area contributed by atoms with Gasteiger partial charge in [-0.25, -0.2) is 0 Å². The van der Waals surface area contributed by atoms with Crippen molar-refractivity contribution in [1.29, 1.82) is 0 Å². The number of amides is 1. The molecule has 1 saturated carbocycles. The van der Waals surface area contributed by atoms with Crippen LogP contribution >= 0.6 is 0 Å². The highest BCUT2D eigenvalue weighted by Crippen LogP contribution is 2.17. The summed E-state index contributed by atoms with van der Waals surface area (Å²) in [5.41, 5.74) is 5.46. The molecule has 2 unspecified atom stereocenters. The minimum atomic E-state index is -0.501. The standard InChI is InChI=1S/C14H26N2O3/c1-14(2,3)19-13(18)9-8-12(17)16-11-7-5-4-6-10(11)15/h10-11H,4-9,15H2,1-3H3,(H,16,17). The molecule has 5 heteroatoms. The molecule has 1 aliphatic carbocycles. The summed E-state index contributed by atoms with van der Waals surface area (Å²) in [6, 6.07) is 0.0964. The van der Waals surface area contributed by atoms with E-state index in [0.717, 1.165) is 25.7 Å². The van der Waals surface area contributed by atoms with Gasteiger partial charge in [-0.2, -0.15) is 0 Å². The molecule has 0 heterocycles. The van der Waals surface area contributed by atoms with Crippen LogP contribution in [-0.4, -0.2) is 29.6 Å². The van der Waals surface area contributed by atoms with E-state index < -0.39 is 5.60 Å². The van der Waals surface area contributed by atoms with Crippen LogP contribution in [-0.2, 0) is 14.3 Å². The van der Waals surface area contributed by atoms with Crippen molar-refractivity contribution in [2.75, 3.05) is 0 Å². The number of hydrogen-bond donors (Lipinski definition) is 2. The van der Waals surface area contributed by atoms with Gasteiger partial charge in [0.05, 0.1) is 6.42 Å². The Bertz CT molecular complexity index is 323. The van der Waals surface area contributed by atoms with Crippen LogP contribution in [0.15, 0.2) is 0 Å². The summed E-state index contributed by atoms with van der Waals surface area (Å²) in [6.07, 6.45) is 4.40. The Morgan fingerprint density at radius 2 is 1.84 bits per heavy atom. The van der Waals surface area contributed by atoms with Gasteiger partial charge in [0.2, 0.25) is 5.91 Å². The smallest absolute Gasteiger partial charge is 0.306 e. The molecule has 1 rings (SSSR count). The number of nitrogens with two attached hydrogens (primary N) is 1. The summed E-state index contributed by atoms with van der Waals surface area (Å²) in [7, 11) is 0. The highest BCUT2D eigenvalue weighted by Gasteiger charge is 2.23. The zero-order valence-corrected chi connectivity index (χ0v) is 12.2. The molecule has 0 aromatic rings.